The first kappa shape index (κ1) is 22.9. The molecule has 0 bridgehead atoms. The van der Waals surface area contributed by atoms with E-state index < -0.39 is 11.7 Å². The number of halogens is 3. The summed E-state index contributed by atoms with van der Waals surface area (Å²) in [7, 11) is 0. The van der Waals surface area contributed by atoms with Crippen LogP contribution in [-0.2, 0) is 0 Å². The van der Waals surface area contributed by atoms with Gasteiger partial charge in [-0.05, 0) is 53.8 Å². The first-order valence-electron chi connectivity index (χ1n) is 11.9. The van der Waals surface area contributed by atoms with Gasteiger partial charge in [-0.15, -0.1) is 0 Å². The summed E-state index contributed by atoms with van der Waals surface area (Å²) in [5.41, 5.74) is 8.01. The lowest BCUT2D eigenvalue weighted by Gasteiger charge is -2.19. The lowest BCUT2D eigenvalue weighted by molar-refractivity contribution is -0.0886. The Hall–Kier alpha value is -4.49. The molecule has 0 saturated heterocycles. The van der Waals surface area contributed by atoms with Crippen LogP contribution < -0.4 is 0 Å². The Bertz CT molecular complexity index is 1630. The minimum Gasteiger partial charge on any atom is -0.177 e. The SMILES string of the molecule is CC1=C[C@@H]2C(=NC#N)c3cc4c(cc3C2C=C1)C(=NC#N)c1cc(C2C=CC(C(F)(F)F)=CC2)ccc1-4. The molecule has 4 aliphatic rings. The molecule has 180 valence electrons. The quantitative estimate of drug-likeness (QED) is 0.343. The number of hydrogen-bond donors (Lipinski definition) is 0. The smallest absolute Gasteiger partial charge is 0.177 e. The van der Waals surface area contributed by atoms with Gasteiger partial charge in [0.05, 0.1) is 17.0 Å². The lowest BCUT2D eigenvalue weighted by atomic mass is 9.85. The van der Waals surface area contributed by atoms with Crippen LogP contribution in [0.5, 0.6) is 0 Å². The molecule has 0 N–H and O–H groups in total. The molecular formula is C30H19F3N4. The van der Waals surface area contributed by atoms with Crippen LogP contribution in [0.3, 0.4) is 0 Å². The molecule has 4 nitrogen and oxygen atoms in total. The maximum Gasteiger partial charge on any atom is 0.416 e. The maximum atomic E-state index is 13.0. The normalized spacial score (nSPS) is 25.1. The van der Waals surface area contributed by atoms with Gasteiger partial charge >= 0.3 is 6.18 Å². The summed E-state index contributed by atoms with van der Waals surface area (Å²) >= 11 is 0. The highest BCUT2D eigenvalue weighted by Crippen LogP contribution is 2.48. The third kappa shape index (κ3) is 3.58. The number of aliphatic imine (C=N–C) groups is 2. The van der Waals surface area contributed by atoms with Gasteiger partial charge < -0.3 is 0 Å². The minimum atomic E-state index is -4.36. The van der Waals surface area contributed by atoms with Crippen molar-refractivity contribution < 1.29 is 13.2 Å². The largest absolute Gasteiger partial charge is 0.416 e. The van der Waals surface area contributed by atoms with Crippen molar-refractivity contribution in [3.8, 4) is 23.5 Å². The zero-order valence-electron chi connectivity index (χ0n) is 19.7. The van der Waals surface area contributed by atoms with Crippen molar-refractivity contribution in [2.45, 2.75) is 31.4 Å². The van der Waals surface area contributed by atoms with E-state index in [1.54, 1.807) is 6.08 Å². The number of nitrogens with zero attached hydrogens (tertiary/aromatic N) is 4. The van der Waals surface area contributed by atoms with E-state index in [1.165, 1.54) is 6.08 Å². The average Bonchev–Trinajstić information content (AvgIpc) is 3.34. The molecule has 0 radical (unpaired) electrons. The number of hydrogen-bond acceptors (Lipinski definition) is 4. The third-order valence-corrected chi connectivity index (χ3v) is 7.57. The molecule has 2 unspecified atom stereocenters. The molecule has 0 saturated carbocycles. The van der Waals surface area contributed by atoms with Crippen molar-refractivity contribution in [3.63, 3.8) is 0 Å². The topological polar surface area (TPSA) is 72.3 Å². The molecule has 2 aromatic carbocycles. The number of allylic oxidation sites excluding steroid dienone is 8. The molecule has 0 amide bonds. The average molecular weight is 493 g/mol. The van der Waals surface area contributed by atoms with E-state index in [-0.39, 0.29) is 24.2 Å². The summed E-state index contributed by atoms with van der Waals surface area (Å²) in [6.07, 6.45) is 10.0. The van der Waals surface area contributed by atoms with Crippen LogP contribution in [0, 0.1) is 28.8 Å². The fourth-order valence-corrected chi connectivity index (χ4v) is 5.88. The molecule has 37 heavy (non-hydrogen) atoms. The van der Waals surface area contributed by atoms with Crippen molar-refractivity contribution in [2.24, 2.45) is 15.9 Å². The predicted octanol–water partition coefficient (Wildman–Crippen LogP) is 7.02. The van der Waals surface area contributed by atoms with Crippen LogP contribution in [0.15, 0.2) is 87.9 Å². The van der Waals surface area contributed by atoms with Gasteiger partial charge in [-0.25, -0.2) is 0 Å². The molecule has 4 aliphatic carbocycles. The van der Waals surface area contributed by atoms with Crippen LogP contribution in [0.1, 0.15) is 53.0 Å². The summed E-state index contributed by atoms with van der Waals surface area (Å²) in [6.45, 7) is 2.02. The Kier molecular flexibility index (Phi) is 5.14. The van der Waals surface area contributed by atoms with Gasteiger partial charge in [0.25, 0.3) is 0 Å². The monoisotopic (exact) mass is 492 g/mol. The number of fused-ring (bicyclic) bond motifs is 6. The highest BCUT2D eigenvalue weighted by Gasteiger charge is 2.39. The van der Waals surface area contributed by atoms with Gasteiger partial charge in [-0.1, -0.05) is 54.2 Å². The van der Waals surface area contributed by atoms with Crippen molar-refractivity contribution >= 4 is 11.4 Å². The van der Waals surface area contributed by atoms with Crippen LogP contribution in [0.4, 0.5) is 13.2 Å². The molecule has 0 aromatic heterocycles. The fourth-order valence-electron chi connectivity index (χ4n) is 5.88. The zero-order chi connectivity index (χ0) is 25.9. The number of rotatable bonds is 1. The highest BCUT2D eigenvalue weighted by atomic mass is 19.4. The first-order chi connectivity index (χ1) is 17.8. The van der Waals surface area contributed by atoms with E-state index in [0.717, 1.165) is 56.3 Å². The minimum absolute atomic E-state index is 0.0203. The van der Waals surface area contributed by atoms with E-state index in [1.807, 2.05) is 43.6 Å². The van der Waals surface area contributed by atoms with Crippen molar-refractivity contribution in [3.05, 3.63) is 106 Å². The molecule has 0 aliphatic heterocycles. The molecule has 0 heterocycles. The third-order valence-electron chi connectivity index (χ3n) is 7.57. The van der Waals surface area contributed by atoms with Crippen molar-refractivity contribution in [2.75, 3.05) is 0 Å². The Morgan fingerprint density at radius 3 is 2.35 bits per heavy atom. The van der Waals surface area contributed by atoms with Gasteiger partial charge in [-0.3, -0.25) is 0 Å². The molecular weight excluding hydrogens is 473 g/mol. The van der Waals surface area contributed by atoms with E-state index in [9.17, 15) is 23.7 Å². The molecule has 6 rings (SSSR count). The Morgan fingerprint density at radius 1 is 0.865 bits per heavy atom. The Labute approximate surface area is 211 Å². The molecule has 7 heteroatoms. The summed E-state index contributed by atoms with van der Waals surface area (Å²) < 4.78 is 39.1. The second-order valence-electron chi connectivity index (χ2n) is 9.63. The molecule has 2 aromatic rings. The molecule has 0 fully saturated rings. The Balaban J connectivity index is 1.45. The standard InChI is InChI=1S/C30H19F3N4/c1-16-2-8-20-22-12-27-23(13-26(22)28(36-14-34)24(20)10-16)21-9-5-18(11-25(21)29(27)37-15-35)17-3-6-19(7-4-17)30(31,32)33/h2-3,5-13,17,20,24H,4H2,1H3/t17?,20?,24-/m0/s1. The van der Waals surface area contributed by atoms with Gasteiger partial charge in [-0.2, -0.15) is 33.7 Å². The van der Waals surface area contributed by atoms with Crippen molar-refractivity contribution in [1.82, 2.24) is 0 Å². The van der Waals surface area contributed by atoms with Crippen molar-refractivity contribution in [1.29, 1.82) is 10.5 Å². The van der Waals surface area contributed by atoms with E-state index in [2.05, 4.69) is 34.3 Å². The van der Waals surface area contributed by atoms with E-state index in [0.29, 0.717) is 5.71 Å². The van der Waals surface area contributed by atoms with E-state index >= 15 is 0 Å². The van der Waals surface area contributed by atoms with Crippen LogP contribution in [0.2, 0.25) is 0 Å². The Morgan fingerprint density at radius 2 is 1.65 bits per heavy atom. The predicted molar refractivity (Wildman–Crippen MR) is 135 cm³/mol. The zero-order valence-corrected chi connectivity index (χ0v) is 19.7. The van der Waals surface area contributed by atoms with Gasteiger partial charge in [0, 0.05) is 34.4 Å². The van der Waals surface area contributed by atoms with Gasteiger partial charge in [0.15, 0.2) is 0 Å². The van der Waals surface area contributed by atoms with Crippen LogP contribution >= 0.6 is 0 Å². The summed E-state index contributed by atoms with van der Waals surface area (Å²) in [6, 6.07) is 9.88. The van der Waals surface area contributed by atoms with Gasteiger partial charge in [0.2, 0.25) is 12.4 Å². The number of nitriles is 2. The summed E-state index contributed by atoms with van der Waals surface area (Å²) in [4.78, 5) is 8.35. The van der Waals surface area contributed by atoms with E-state index in [4.69, 9.17) is 0 Å². The lowest BCUT2D eigenvalue weighted by Crippen LogP contribution is -2.13. The van der Waals surface area contributed by atoms with Crippen LogP contribution in [0.25, 0.3) is 11.1 Å². The fraction of sp³-hybridized carbons (Fsp3) is 0.200. The second kappa shape index (κ2) is 8.28. The summed E-state index contributed by atoms with van der Waals surface area (Å²) in [5, 5.41) is 18.9. The van der Waals surface area contributed by atoms with Crippen LogP contribution in [-0.4, -0.2) is 17.6 Å². The highest BCUT2D eigenvalue weighted by molar-refractivity contribution is 6.26. The maximum absolute atomic E-state index is 13.0. The number of alkyl halides is 3. The summed E-state index contributed by atoms with van der Waals surface area (Å²) in [5.74, 6) is -0.181. The number of benzene rings is 2. The molecule has 3 atom stereocenters. The first-order valence-corrected chi connectivity index (χ1v) is 11.9. The van der Waals surface area contributed by atoms with Gasteiger partial charge in [0.1, 0.15) is 0 Å². The molecule has 0 spiro atoms. The second-order valence-corrected chi connectivity index (χ2v) is 9.63.